The molecular weight excluding hydrogens is 609 g/mol. The van der Waals surface area contributed by atoms with Gasteiger partial charge in [0.05, 0.1) is 23.0 Å². The Morgan fingerprint density at radius 3 is 2.45 bits per heavy atom. The monoisotopic (exact) mass is 650 g/mol. The summed E-state index contributed by atoms with van der Waals surface area (Å²) in [4.78, 5) is 20.6. The summed E-state index contributed by atoms with van der Waals surface area (Å²) in [6, 6.07) is 26.5. The van der Waals surface area contributed by atoms with E-state index in [4.69, 9.17) is 9.72 Å². The molecule has 4 aromatic rings. The number of ether oxygens (including phenoxy) is 1. The van der Waals surface area contributed by atoms with Gasteiger partial charge in [-0.15, -0.1) is 0 Å². The van der Waals surface area contributed by atoms with Gasteiger partial charge >= 0.3 is 0 Å². The molecule has 0 radical (unpaired) electrons. The number of pyridine rings is 1. The van der Waals surface area contributed by atoms with Crippen molar-refractivity contribution in [2.24, 2.45) is 0 Å². The fourth-order valence-corrected chi connectivity index (χ4v) is 6.82. The van der Waals surface area contributed by atoms with E-state index >= 15 is 0 Å². The highest BCUT2D eigenvalue weighted by Gasteiger charge is 2.40. The summed E-state index contributed by atoms with van der Waals surface area (Å²) < 4.78 is 21.0. The van der Waals surface area contributed by atoms with Crippen molar-refractivity contribution in [2.75, 3.05) is 27.2 Å². The van der Waals surface area contributed by atoms with Crippen molar-refractivity contribution in [3.8, 4) is 34.6 Å². The number of carbonyl (C=O) groups excluding carboxylic acids is 1. The Bertz CT molecular complexity index is 1790. The lowest BCUT2D eigenvalue weighted by atomic mass is 9.95. The first-order chi connectivity index (χ1) is 22.5. The van der Waals surface area contributed by atoms with Crippen LogP contribution in [0.4, 0.5) is 0 Å². The molecule has 3 aromatic carbocycles. The van der Waals surface area contributed by atoms with Crippen molar-refractivity contribution in [3.63, 3.8) is 0 Å². The molecule has 0 fully saturated rings. The second-order valence-corrected chi connectivity index (χ2v) is 14.9. The van der Waals surface area contributed by atoms with Crippen molar-refractivity contribution < 1.29 is 18.8 Å². The van der Waals surface area contributed by atoms with Gasteiger partial charge in [-0.25, -0.2) is 13.5 Å². The van der Waals surface area contributed by atoms with Crippen LogP contribution in [0, 0.1) is 11.8 Å². The molecule has 2 N–H and O–H groups in total. The van der Waals surface area contributed by atoms with Crippen LogP contribution >= 0.6 is 0 Å². The summed E-state index contributed by atoms with van der Waals surface area (Å²) in [5, 5.41) is 13.1. The standard InChI is InChI=1S/C38H42N4O4S/c1-38(2,3)47(45)42-26-30-24-33(37(44)39-25-28-16-18-32(19-17-28)46-31-14-7-6-8-15-31)40-36(35(30)34(42)20-22-43)29-13-9-11-27(23-29)12-10-21-41(4)5/h6-9,11,13-19,23-24,34,43H,20-22,25-26H2,1-5H3,(H,39,44)/t34-,47?/m0/s1. The van der Waals surface area contributed by atoms with Crippen molar-refractivity contribution >= 4 is 16.9 Å². The van der Waals surface area contributed by atoms with Gasteiger partial charge in [0.25, 0.3) is 5.91 Å². The second-order valence-electron chi connectivity index (χ2n) is 12.8. The summed E-state index contributed by atoms with van der Waals surface area (Å²) in [7, 11) is 2.59. The number of fused-ring (bicyclic) bond motifs is 1. The second kappa shape index (κ2) is 15.1. The zero-order chi connectivity index (χ0) is 33.6. The zero-order valence-corrected chi connectivity index (χ0v) is 28.4. The minimum absolute atomic E-state index is 0.0745. The summed E-state index contributed by atoms with van der Waals surface area (Å²) in [5.74, 6) is 7.55. The molecule has 8 nitrogen and oxygen atoms in total. The molecule has 2 atom stereocenters. The Hall–Kier alpha value is -4.33. The average molecular weight is 651 g/mol. The van der Waals surface area contributed by atoms with E-state index in [0.717, 1.165) is 33.6 Å². The van der Waals surface area contributed by atoms with Crippen LogP contribution in [0.2, 0.25) is 0 Å². The maximum atomic E-state index is 13.7. The third kappa shape index (κ3) is 8.53. The van der Waals surface area contributed by atoms with Crippen LogP contribution in [0.25, 0.3) is 11.3 Å². The van der Waals surface area contributed by atoms with E-state index in [1.54, 1.807) is 6.07 Å². The number of para-hydroxylation sites is 1. The van der Waals surface area contributed by atoms with Crippen molar-refractivity contribution in [1.82, 2.24) is 19.5 Å². The third-order valence-electron chi connectivity index (χ3n) is 7.64. The largest absolute Gasteiger partial charge is 0.457 e. The fraction of sp³-hybridized carbons (Fsp3) is 0.316. The van der Waals surface area contributed by atoms with E-state index in [2.05, 4.69) is 17.2 Å². The Labute approximate surface area is 280 Å². The topological polar surface area (TPSA) is 95.0 Å². The van der Waals surface area contributed by atoms with Crippen LogP contribution in [0.5, 0.6) is 11.5 Å². The van der Waals surface area contributed by atoms with E-state index < -0.39 is 15.7 Å². The molecule has 5 rings (SSSR count). The average Bonchev–Trinajstić information content (AvgIpc) is 3.41. The van der Waals surface area contributed by atoms with Crippen LogP contribution in [0.1, 0.15) is 66.0 Å². The predicted octanol–water partition coefficient (Wildman–Crippen LogP) is 6.09. The molecule has 244 valence electrons. The van der Waals surface area contributed by atoms with E-state index in [-0.39, 0.29) is 24.2 Å². The molecule has 0 aliphatic carbocycles. The number of hydrogen-bond acceptors (Lipinski definition) is 6. The first-order valence-corrected chi connectivity index (χ1v) is 16.8. The van der Waals surface area contributed by atoms with Gasteiger partial charge in [-0.05, 0) is 94.9 Å². The highest BCUT2D eigenvalue weighted by Crippen LogP contribution is 2.44. The number of nitrogens with one attached hydrogen (secondary N) is 1. The molecule has 1 aliphatic rings. The summed E-state index contributed by atoms with van der Waals surface area (Å²) in [5.41, 5.74) is 5.24. The SMILES string of the molecule is CN(C)CC#Cc1cccc(-c2nc(C(=O)NCc3ccc(Oc4ccccc4)cc3)cc3c2[C@H](CCO)N(S(=O)C(C)(C)C)C3)c1. The first-order valence-electron chi connectivity index (χ1n) is 15.7. The third-order valence-corrected chi connectivity index (χ3v) is 9.50. The number of aliphatic hydroxyl groups excluding tert-OH is 1. The lowest BCUT2D eigenvalue weighted by Crippen LogP contribution is -2.36. The molecule has 9 heteroatoms. The maximum Gasteiger partial charge on any atom is 0.270 e. The van der Waals surface area contributed by atoms with Gasteiger partial charge in [0.2, 0.25) is 0 Å². The lowest BCUT2D eigenvalue weighted by molar-refractivity contribution is 0.0946. The Balaban J connectivity index is 1.45. The van der Waals surface area contributed by atoms with E-state index in [1.807, 2.05) is 123 Å². The highest BCUT2D eigenvalue weighted by atomic mass is 32.2. The number of rotatable bonds is 10. The minimum atomic E-state index is -1.35. The molecule has 0 saturated carbocycles. The van der Waals surface area contributed by atoms with Gasteiger partial charge in [-0.3, -0.25) is 9.69 Å². The molecule has 1 amide bonds. The molecule has 2 heterocycles. The van der Waals surface area contributed by atoms with Gasteiger partial charge in [-0.2, -0.15) is 0 Å². The number of aromatic nitrogens is 1. The van der Waals surface area contributed by atoms with Crippen molar-refractivity contribution in [2.45, 2.75) is 51.1 Å². The molecule has 47 heavy (non-hydrogen) atoms. The number of amides is 1. The number of nitrogens with zero attached hydrogens (tertiary/aromatic N) is 3. The van der Waals surface area contributed by atoms with E-state index in [9.17, 15) is 14.1 Å². The minimum Gasteiger partial charge on any atom is -0.457 e. The quantitative estimate of drug-likeness (QED) is 0.202. The molecule has 0 spiro atoms. The number of hydrogen-bond donors (Lipinski definition) is 2. The predicted molar refractivity (Wildman–Crippen MR) is 187 cm³/mol. The Morgan fingerprint density at radius 2 is 1.77 bits per heavy atom. The van der Waals surface area contributed by atoms with E-state index in [1.165, 1.54) is 0 Å². The number of benzene rings is 3. The van der Waals surface area contributed by atoms with Gasteiger partial charge in [0.1, 0.15) is 28.2 Å². The molecule has 0 bridgehead atoms. The van der Waals surface area contributed by atoms with Crippen molar-refractivity contribution in [3.05, 3.63) is 113 Å². The molecule has 0 saturated heterocycles. The smallest absolute Gasteiger partial charge is 0.270 e. The van der Waals surface area contributed by atoms with Gasteiger partial charge < -0.3 is 15.2 Å². The van der Waals surface area contributed by atoms with Crippen LogP contribution in [-0.2, 0) is 24.1 Å². The van der Waals surface area contributed by atoms with Gasteiger partial charge in [-0.1, -0.05) is 54.3 Å². The van der Waals surface area contributed by atoms with Crippen molar-refractivity contribution in [1.29, 1.82) is 0 Å². The summed E-state index contributed by atoms with van der Waals surface area (Å²) in [6.07, 6.45) is 0.390. The summed E-state index contributed by atoms with van der Waals surface area (Å²) in [6.45, 7) is 7.06. The van der Waals surface area contributed by atoms with Crippen LogP contribution < -0.4 is 10.1 Å². The first kappa shape index (κ1) is 34.0. The van der Waals surface area contributed by atoms with E-state index in [0.29, 0.717) is 37.5 Å². The van der Waals surface area contributed by atoms with Gasteiger partial charge in [0, 0.05) is 36.4 Å². The molecule has 1 aromatic heterocycles. The molecule has 1 unspecified atom stereocenters. The summed E-state index contributed by atoms with van der Waals surface area (Å²) >= 11 is 0. The number of aliphatic hydroxyl groups is 1. The molecular formula is C38H42N4O4S. The Kier molecular flexibility index (Phi) is 10.9. The normalized spacial score (nSPS) is 15.1. The highest BCUT2D eigenvalue weighted by molar-refractivity contribution is 7.84. The lowest BCUT2D eigenvalue weighted by Gasteiger charge is -2.30. The van der Waals surface area contributed by atoms with Crippen LogP contribution in [0.15, 0.2) is 84.9 Å². The fourth-order valence-electron chi connectivity index (χ4n) is 5.42. The van der Waals surface area contributed by atoms with Crippen LogP contribution in [0.3, 0.4) is 0 Å². The Morgan fingerprint density at radius 1 is 1.04 bits per heavy atom. The van der Waals surface area contributed by atoms with Crippen LogP contribution in [-0.4, -0.2) is 61.4 Å². The number of carbonyl (C=O) groups is 1. The van der Waals surface area contributed by atoms with Gasteiger partial charge in [0.15, 0.2) is 0 Å². The zero-order valence-electron chi connectivity index (χ0n) is 27.6. The molecule has 1 aliphatic heterocycles. The maximum absolute atomic E-state index is 13.7.